The summed E-state index contributed by atoms with van der Waals surface area (Å²) in [6, 6.07) is 5.87. The minimum Gasteiger partial charge on any atom is -0.243 e. The maximum Gasteiger partial charge on any atom is 0.101 e. The van der Waals surface area contributed by atoms with Crippen molar-refractivity contribution in [3.63, 3.8) is 0 Å². The van der Waals surface area contributed by atoms with Crippen molar-refractivity contribution in [2.45, 2.75) is 6.92 Å². The van der Waals surface area contributed by atoms with Crippen LogP contribution in [0.15, 0.2) is 24.2 Å². The maximum absolute atomic E-state index is 8.88. The summed E-state index contributed by atoms with van der Waals surface area (Å²) < 4.78 is 1.05. The van der Waals surface area contributed by atoms with Crippen LogP contribution in [0.2, 0.25) is 0 Å². The van der Waals surface area contributed by atoms with Gasteiger partial charge in [0.25, 0.3) is 0 Å². The Bertz CT molecular complexity index is 546. The molecule has 68 valence electrons. The zero-order valence-electron chi connectivity index (χ0n) is 7.74. The summed E-state index contributed by atoms with van der Waals surface area (Å²) in [5.41, 5.74) is 5.27. The quantitative estimate of drug-likeness (QED) is 0.708. The molecule has 14 heavy (non-hydrogen) atoms. The van der Waals surface area contributed by atoms with Crippen molar-refractivity contribution in [2.24, 2.45) is 0 Å². The Morgan fingerprint density at radius 2 is 2.36 bits per heavy atom. The summed E-state index contributed by atoms with van der Waals surface area (Å²) in [6.45, 7) is 5.87. The van der Waals surface area contributed by atoms with Crippen molar-refractivity contribution in [1.29, 1.82) is 5.26 Å². The van der Waals surface area contributed by atoms with Crippen LogP contribution in [0.5, 0.6) is 0 Å². The average Bonchev–Trinajstić information content (AvgIpc) is 2.64. The van der Waals surface area contributed by atoms with Crippen LogP contribution in [-0.4, -0.2) is 4.98 Å². The highest BCUT2D eigenvalue weighted by molar-refractivity contribution is 7.17. The van der Waals surface area contributed by atoms with Gasteiger partial charge in [0.15, 0.2) is 0 Å². The minimum atomic E-state index is 0.631. The molecule has 0 spiro atoms. The van der Waals surface area contributed by atoms with Gasteiger partial charge in [0.1, 0.15) is 6.07 Å². The number of rotatable bonds is 1. The number of benzene rings is 1. The number of hydrogen-bond donors (Lipinski definition) is 0. The number of nitriles is 1. The van der Waals surface area contributed by atoms with Gasteiger partial charge in [-0.3, -0.25) is 0 Å². The normalized spacial score (nSPS) is 10.0. The van der Waals surface area contributed by atoms with Crippen LogP contribution in [0.4, 0.5) is 0 Å². The van der Waals surface area contributed by atoms with E-state index in [1.165, 1.54) is 0 Å². The molecule has 0 unspecified atom stereocenters. The molecule has 1 aromatic heterocycles. The van der Waals surface area contributed by atoms with Crippen LogP contribution in [-0.2, 0) is 0 Å². The Kier molecular flexibility index (Phi) is 2.06. The van der Waals surface area contributed by atoms with Gasteiger partial charge in [-0.05, 0) is 24.1 Å². The van der Waals surface area contributed by atoms with Gasteiger partial charge in [-0.2, -0.15) is 5.26 Å². The number of thiazole rings is 1. The van der Waals surface area contributed by atoms with Gasteiger partial charge in [-0.15, -0.1) is 11.3 Å². The molecule has 0 saturated heterocycles. The molecule has 0 bridgehead atoms. The summed E-state index contributed by atoms with van der Waals surface area (Å²) in [7, 11) is 0. The molecular weight excluding hydrogens is 192 g/mol. The molecule has 2 nitrogen and oxygen atoms in total. The highest BCUT2D eigenvalue weighted by atomic mass is 32.1. The van der Waals surface area contributed by atoms with Crippen molar-refractivity contribution in [2.75, 3.05) is 0 Å². The van der Waals surface area contributed by atoms with Crippen LogP contribution >= 0.6 is 11.3 Å². The first kappa shape index (κ1) is 8.92. The standard InChI is InChI=1S/C11H8N2S/c1-7(2)9-4-3-8(5-12)10-11(9)14-6-13-10/h3-4,6H,1H2,2H3. The number of aromatic nitrogens is 1. The topological polar surface area (TPSA) is 36.7 Å². The third-order valence-corrected chi connectivity index (χ3v) is 2.92. The molecule has 2 aromatic rings. The van der Waals surface area contributed by atoms with Crippen LogP contribution in [0, 0.1) is 11.3 Å². The lowest BCUT2D eigenvalue weighted by atomic mass is 10.1. The molecule has 0 atom stereocenters. The molecule has 0 aliphatic heterocycles. The van der Waals surface area contributed by atoms with E-state index in [0.717, 1.165) is 21.4 Å². The molecule has 0 aliphatic rings. The van der Waals surface area contributed by atoms with Crippen molar-refractivity contribution >= 4 is 27.1 Å². The second-order valence-corrected chi connectivity index (χ2v) is 3.94. The number of nitrogens with zero attached hydrogens (tertiary/aromatic N) is 2. The van der Waals surface area contributed by atoms with Gasteiger partial charge < -0.3 is 0 Å². The van der Waals surface area contributed by atoms with Crippen LogP contribution in [0.25, 0.3) is 15.8 Å². The maximum atomic E-state index is 8.88. The average molecular weight is 200 g/mol. The van der Waals surface area contributed by atoms with Crippen LogP contribution < -0.4 is 0 Å². The second-order valence-electron chi connectivity index (χ2n) is 3.08. The summed E-state index contributed by atoms with van der Waals surface area (Å²) >= 11 is 1.55. The fourth-order valence-corrected chi connectivity index (χ4v) is 2.28. The zero-order valence-corrected chi connectivity index (χ0v) is 8.56. The molecule has 0 fully saturated rings. The first-order valence-corrected chi connectivity index (χ1v) is 5.04. The SMILES string of the molecule is C=C(C)c1ccc(C#N)c2ncsc12. The summed E-state index contributed by atoms with van der Waals surface area (Å²) in [6.07, 6.45) is 0. The Labute approximate surface area is 86.1 Å². The van der Waals surface area contributed by atoms with Gasteiger partial charge in [0.05, 0.1) is 21.3 Å². The molecule has 1 heterocycles. The van der Waals surface area contributed by atoms with E-state index in [0.29, 0.717) is 5.56 Å². The van der Waals surface area contributed by atoms with Gasteiger partial charge in [0.2, 0.25) is 0 Å². The van der Waals surface area contributed by atoms with E-state index in [9.17, 15) is 0 Å². The van der Waals surface area contributed by atoms with E-state index in [4.69, 9.17) is 5.26 Å². The second kappa shape index (κ2) is 3.24. The molecule has 0 N–H and O–H groups in total. The Hall–Kier alpha value is -1.66. The summed E-state index contributed by atoms with van der Waals surface area (Å²) in [5.74, 6) is 0. The van der Waals surface area contributed by atoms with Crippen molar-refractivity contribution in [1.82, 2.24) is 4.98 Å². The number of allylic oxidation sites excluding steroid dienone is 1. The van der Waals surface area contributed by atoms with Crippen molar-refractivity contribution in [3.8, 4) is 6.07 Å². The number of hydrogen-bond acceptors (Lipinski definition) is 3. The van der Waals surface area contributed by atoms with Gasteiger partial charge in [-0.25, -0.2) is 4.98 Å². The van der Waals surface area contributed by atoms with Crippen LogP contribution in [0.3, 0.4) is 0 Å². The van der Waals surface area contributed by atoms with E-state index >= 15 is 0 Å². The minimum absolute atomic E-state index is 0.631. The lowest BCUT2D eigenvalue weighted by Gasteiger charge is -2.01. The van der Waals surface area contributed by atoms with E-state index in [-0.39, 0.29) is 0 Å². The van der Waals surface area contributed by atoms with E-state index in [1.807, 2.05) is 13.0 Å². The van der Waals surface area contributed by atoms with Crippen molar-refractivity contribution in [3.05, 3.63) is 35.3 Å². The van der Waals surface area contributed by atoms with E-state index in [1.54, 1.807) is 22.9 Å². The Balaban J connectivity index is 2.87. The van der Waals surface area contributed by atoms with Gasteiger partial charge in [0, 0.05) is 0 Å². The zero-order chi connectivity index (χ0) is 10.1. The molecule has 1 aromatic carbocycles. The fraction of sp³-hybridized carbons (Fsp3) is 0.0909. The predicted octanol–water partition coefficient (Wildman–Crippen LogP) is 3.20. The summed E-state index contributed by atoms with van der Waals surface area (Å²) in [5, 5.41) is 8.88. The molecule has 2 rings (SSSR count). The highest BCUT2D eigenvalue weighted by Crippen LogP contribution is 2.29. The van der Waals surface area contributed by atoms with Crippen LogP contribution in [0.1, 0.15) is 18.1 Å². The highest BCUT2D eigenvalue weighted by Gasteiger charge is 2.08. The van der Waals surface area contributed by atoms with Gasteiger partial charge in [-0.1, -0.05) is 12.6 Å². The Morgan fingerprint density at radius 1 is 1.57 bits per heavy atom. The van der Waals surface area contributed by atoms with E-state index in [2.05, 4.69) is 17.6 Å². The van der Waals surface area contributed by atoms with E-state index < -0.39 is 0 Å². The molecule has 0 amide bonds. The smallest absolute Gasteiger partial charge is 0.101 e. The lowest BCUT2D eigenvalue weighted by molar-refractivity contribution is 1.45. The Morgan fingerprint density at radius 3 is 3.00 bits per heavy atom. The fourth-order valence-electron chi connectivity index (χ4n) is 1.38. The first-order chi connectivity index (χ1) is 6.74. The number of fused-ring (bicyclic) bond motifs is 1. The molecule has 0 saturated carbocycles. The molecular formula is C11H8N2S. The molecule has 0 aliphatic carbocycles. The monoisotopic (exact) mass is 200 g/mol. The molecule has 3 heteroatoms. The third-order valence-electron chi connectivity index (χ3n) is 2.06. The third kappa shape index (κ3) is 1.21. The lowest BCUT2D eigenvalue weighted by Crippen LogP contribution is -1.83. The first-order valence-electron chi connectivity index (χ1n) is 4.16. The summed E-state index contributed by atoms with van der Waals surface area (Å²) in [4.78, 5) is 4.19. The van der Waals surface area contributed by atoms with Gasteiger partial charge >= 0.3 is 0 Å². The van der Waals surface area contributed by atoms with Crippen molar-refractivity contribution < 1.29 is 0 Å². The largest absolute Gasteiger partial charge is 0.243 e. The molecule has 0 radical (unpaired) electrons. The predicted molar refractivity (Wildman–Crippen MR) is 59.0 cm³/mol.